The summed E-state index contributed by atoms with van der Waals surface area (Å²) in [6.45, 7) is 5.62. The van der Waals surface area contributed by atoms with Gasteiger partial charge >= 0.3 is 11.9 Å². The first-order valence-corrected chi connectivity index (χ1v) is 18.8. The van der Waals surface area contributed by atoms with Crippen molar-refractivity contribution in [2.75, 3.05) is 33.4 Å². The van der Waals surface area contributed by atoms with Crippen molar-refractivity contribution in [1.82, 2.24) is 4.90 Å². The van der Waals surface area contributed by atoms with E-state index in [0.29, 0.717) is 46.5 Å². The molecule has 0 saturated heterocycles. The molecule has 0 aliphatic rings. The Bertz CT molecular complexity index is 1580. The predicted molar refractivity (Wildman–Crippen MR) is 206 cm³/mol. The van der Waals surface area contributed by atoms with E-state index in [2.05, 4.69) is 13.8 Å². The highest BCUT2D eigenvalue weighted by atomic mass is 16.5. The lowest BCUT2D eigenvalue weighted by Gasteiger charge is -2.16. The van der Waals surface area contributed by atoms with E-state index in [4.69, 9.17) is 9.47 Å². The van der Waals surface area contributed by atoms with Crippen LogP contribution in [0.2, 0.25) is 0 Å². The number of nitrogens with zero attached hydrogens (tertiary/aromatic N) is 1. The summed E-state index contributed by atoms with van der Waals surface area (Å²) in [5.41, 5.74) is 5.48. The molecule has 0 saturated carbocycles. The fourth-order valence-electron chi connectivity index (χ4n) is 5.87. The topological polar surface area (TPSA) is 90.0 Å². The highest BCUT2D eigenvalue weighted by Crippen LogP contribution is 2.17. The Labute approximate surface area is 309 Å². The summed E-state index contributed by atoms with van der Waals surface area (Å²) >= 11 is 0. The third-order valence-corrected chi connectivity index (χ3v) is 9.25. The van der Waals surface area contributed by atoms with Crippen molar-refractivity contribution in [3.05, 3.63) is 142 Å². The SMILES string of the molecule is CCCCCCc1ccc(C(=O)c2ccc(C(=O)OCCN(C)CCOC(=O)c3ccc(C(=O)c4ccc(CCCCCC)cc4)cc3)cc2)cc1. The van der Waals surface area contributed by atoms with Crippen molar-refractivity contribution in [1.29, 1.82) is 0 Å². The number of ether oxygens (including phenoxy) is 2. The Hall–Kier alpha value is -4.88. The number of esters is 2. The highest BCUT2D eigenvalue weighted by Gasteiger charge is 2.14. The molecular weight excluding hydrogens is 650 g/mol. The summed E-state index contributed by atoms with van der Waals surface area (Å²) in [5, 5.41) is 0. The Kier molecular flexibility index (Phi) is 16.5. The minimum Gasteiger partial charge on any atom is -0.461 e. The fraction of sp³-hybridized carbons (Fsp3) is 0.378. The van der Waals surface area contributed by atoms with Gasteiger partial charge in [0.25, 0.3) is 0 Å². The first kappa shape index (κ1) is 39.9. The first-order chi connectivity index (χ1) is 25.3. The van der Waals surface area contributed by atoms with Gasteiger partial charge in [-0.1, -0.05) is 125 Å². The average molecular weight is 704 g/mol. The number of aryl methyl sites for hydroxylation is 2. The predicted octanol–water partition coefficient (Wildman–Crippen LogP) is 9.34. The van der Waals surface area contributed by atoms with Crippen molar-refractivity contribution in [3.63, 3.8) is 0 Å². The molecule has 0 radical (unpaired) electrons. The van der Waals surface area contributed by atoms with Crippen LogP contribution in [0.1, 0.15) is 129 Å². The van der Waals surface area contributed by atoms with Gasteiger partial charge in [-0.15, -0.1) is 0 Å². The normalized spacial score (nSPS) is 11.0. The van der Waals surface area contributed by atoms with Gasteiger partial charge in [0.05, 0.1) is 11.1 Å². The molecule has 0 aliphatic heterocycles. The molecule has 0 unspecified atom stereocenters. The molecule has 7 heteroatoms. The fourth-order valence-corrected chi connectivity index (χ4v) is 5.87. The summed E-state index contributed by atoms with van der Waals surface area (Å²) in [7, 11) is 1.85. The lowest BCUT2D eigenvalue weighted by molar-refractivity contribution is 0.0418. The maximum Gasteiger partial charge on any atom is 0.338 e. The standard InChI is InChI=1S/C45H53NO6/c1-4-6-8-10-12-34-14-18-36(19-15-34)42(47)38-22-26-40(27-23-38)44(49)51-32-30-46(3)31-33-52-45(50)41-28-24-39(25-29-41)43(48)37-20-16-35(17-21-37)13-11-9-7-5-2/h14-29H,4-13,30-33H2,1-3H3. The molecule has 0 N–H and O–H groups in total. The van der Waals surface area contributed by atoms with Gasteiger partial charge in [0, 0.05) is 35.3 Å². The Morgan fingerprint density at radius 3 is 1.08 bits per heavy atom. The van der Waals surface area contributed by atoms with Crippen molar-refractivity contribution < 1.29 is 28.7 Å². The number of hydrogen-bond donors (Lipinski definition) is 0. The van der Waals surface area contributed by atoms with E-state index < -0.39 is 11.9 Å². The monoisotopic (exact) mass is 703 g/mol. The third kappa shape index (κ3) is 12.7. The molecule has 0 aromatic heterocycles. The van der Waals surface area contributed by atoms with Crippen LogP contribution >= 0.6 is 0 Å². The van der Waals surface area contributed by atoms with E-state index in [1.165, 1.54) is 49.7 Å². The van der Waals surface area contributed by atoms with Gasteiger partial charge in [-0.3, -0.25) is 14.5 Å². The zero-order valence-electron chi connectivity index (χ0n) is 31.0. The Morgan fingerprint density at radius 2 is 0.750 bits per heavy atom. The number of ketones is 2. The molecule has 0 heterocycles. The summed E-state index contributed by atoms with van der Waals surface area (Å²) in [6.07, 6.45) is 11.7. The molecule has 7 nitrogen and oxygen atoms in total. The van der Waals surface area contributed by atoms with Gasteiger partial charge in [0.1, 0.15) is 13.2 Å². The minimum atomic E-state index is -0.469. The molecule has 0 spiro atoms. The molecule has 0 aliphatic carbocycles. The van der Waals surface area contributed by atoms with Crippen LogP contribution in [-0.4, -0.2) is 61.8 Å². The second-order valence-corrected chi connectivity index (χ2v) is 13.4. The number of likely N-dealkylation sites (N-methyl/N-ethyl adjacent to an activating group) is 1. The summed E-state index contributed by atoms with van der Waals surface area (Å²) < 4.78 is 10.9. The molecule has 0 amide bonds. The zero-order valence-corrected chi connectivity index (χ0v) is 31.0. The van der Waals surface area contributed by atoms with Crippen LogP contribution in [-0.2, 0) is 22.3 Å². The number of carbonyl (C=O) groups is 4. The van der Waals surface area contributed by atoms with Gasteiger partial charge in [-0.25, -0.2) is 9.59 Å². The number of rotatable bonds is 22. The Morgan fingerprint density at radius 1 is 0.442 bits per heavy atom. The van der Waals surface area contributed by atoms with Gasteiger partial charge in [-0.05, 0) is 68.1 Å². The highest BCUT2D eigenvalue weighted by molar-refractivity contribution is 6.10. The summed E-state index contributed by atoms with van der Waals surface area (Å²) in [6, 6.07) is 28.6. The van der Waals surface area contributed by atoms with Crippen molar-refractivity contribution >= 4 is 23.5 Å². The van der Waals surface area contributed by atoms with Gasteiger partial charge in [0.15, 0.2) is 11.6 Å². The molecule has 52 heavy (non-hydrogen) atoms. The molecule has 0 atom stereocenters. The third-order valence-electron chi connectivity index (χ3n) is 9.25. The maximum absolute atomic E-state index is 13.0. The molecule has 274 valence electrons. The van der Waals surface area contributed by atoms with Crippen molar-refractivity contribution in [2.24, 2.45) is 0 Å². The van der Waals surface area contributed by atoms with E-state index in [-0.39, 0.29) is 24.8 Å². The minimum absolute atomic E-state index is 0.0865. The van der Waals surface area contributed by atoms with Crippen LogP contribution in [0.25, 0.3) is 0 Å². The van der Waals surface area contributed by atoms with E-state index in [1.54, 1.807) is 48.5 Å². The number of benzene rings is 4. The van der Waals surface area contributed by atoms with E-state index >= 15 is 0 Å². The molecule has 4 aromatic carbocycles. The lowest BCUT2D eigenvalue weighted by Crippen LogP contribution is -2.28. The molecule has 4 aromatic rings. The second kappa shape index (κ2) is 21.5. The van der Waals surface area contributed by atoms with E-state index in [9.17, 15) is 19.2 Å². The van der Waals surface area contributed by atoms with Gasteiger partial charge < -0.3 is 9.47 Å². The lowest BCUT2D eigenvalue weighted by atomic mass is 9.99. The van der Waals surface area contributed by atoms with E-state index in [1.807, 2.05) is 60.5 Å². The van der Waals surface area contributed by atoms with Gasteiger partial charge in [0.2, 0.25) is 0 Å². The second-order valence-electron chi connectivity index (χ2n) is 13.4. The van der Waals surface area contributed by atoms with Crippen LogP contribution in [0.3, 0.4) is 0 Å². The maximum atomic E-state index is 13.0. The summed E-state index contributed by atoms with van der Waals surface area (Å²) in [5.74, 6) is -1.11. The smallest absolute Gasteiger partial charge is 0.338 e. The average Bonchev–Trinajstić information content (AvgIpc) is 3.18. The van der Waals surface area contributed by atoms with Gasteiger partial charge in [-0.2, -0.15) is 0 Å². The van der Waals surface area contributed by atoms with Crippen LogP contribution < -0.4 is 0 Å². The van der Waals surface area contributed by atoms with Crippen molar-refractivity contribution in [3.8, 4) is 0 Å². The Balaban J connectivity index is 1.13. The van der Waals surface area contributed by atoms with Crippen LogP contribution in [0.4, 0.5) is 0 Å². The van der Waals surface area contributed by atoms with Crippen LogP contribution in [0.15, 0.2) is 97.1 Å². The van der Waals surface area contributed by atoms with E-state index in [0.717, 1.165) is 25.7 Å². The molecule has 4 rings (SSSR count). The largest absolute Gasteiger partial charge is 0.461 e. The van der Waals surface area contributed by atoms with Crippen molar-refractivity contribution in [2.45, 2.75) is 78.1 Å². The van der Waals surface area contributed by atoms with Crippen LogP contribution in [0, 0.1) is 0 Å². The molecule has 0 bridgehead atoms. The summed E-state index contributed by atoms with van der Waals surface area (Å²) in [4.78, 5) is 53.0. The molecule has 0 fully saturated rings. The molecular formula is C45H53NO6. The van der Waals surface area contributed by atoms with Crippen LogP contribution in [0.5, 0.6) is 0 Å². The number of unbranched alkanes of at least 4 members (excludes halogenated alkanes) is 6. The zero-order chi connectivity index (χ0) is 37.1. The first-order valence-electron chi connectivity index (χ1n) is 18.8. The quantitative estimate of drug-likeness (QED) is 0.0458. The number of hydrogen-bond acceptors (Lipinski definition) is 7. The number of carbonyl (C=O) groups excluding carboxylic acids is 4.